The highest BCUT2D eigenvalue weighted by atomic mass is 35.5. The molecular weight excluding hydrogens is 1610 g/mol. The number of hydrogen-bond acceptors (Lipinski definition) is 27. The molecule has 3 aliphatic rings. The number of ether oxygens (including phenoxy) is 6. The van der Waals surface area contributed by atoms with E-state index in [1.165, 1.54) is 65.2 Å². The Morgan fingerprint density at radius 1 is 0.492 bits per heavy atom. The van der Waals surface area contributed by atoms with Gasteiger partial charge in [0, 0.05) is 92.5 Å². The van der Waals surface area contributed by atoms with E-state index in [4.69, 9.17) is 56.6 Å². The Morgan fingerprint density at radius 3 is 1.09 bits per heavy atom. The van der Waals surface area contributed by atoms with Gasteiger partial charge in [0.15, 0.2) is 16.9 Å². The molecule has 3 saturated carbocycles. The molecule has 3 aromatic carbocycles. The minimum absolute atomic E-state index is 0. The van der Waals surface area contributed by atoms with Gasteiger partial charge in [-0.1, -0.05) is 79.5 Å². The molecule has 0 atom stereocenters. The summed E-state index contributed by atoms with van der Waals surface area (Å²) < 4.78 is 112. The van der Waals surface area contributed by atoms with Crippen molar-refractivity contribution in [1.82, 2.24) is 42.8 Å². The lowest BCUT2D eigenvalue weighted by Crippen LogP contribution is -2.51. The zero-order valence-corrected chi connectivity index (χ0v) is 70.8. The maximum absolute atomic E-state index is 13.2. The first kappa shape index (κ1) is 98.3. The summed E-state index contributed by atoms with van der Waals surface area (Å²) in [4.78, 5) is 69.1. The van der Waals surface area contributed by atoms with Crippen LogP contribution >= 0.6 is 11.6 Å². The zero-order valence-electron chi connectivity index (χ0n) is 67.6. The summed E-state index contributed by atoms with van der Waals surface area (Å²) in [5.74, 6) is 0. The van der Waals surface area contributed by atoms with Crippen LogP contribution in [0.15, 0.2) is 143 Å². The smallest absolute Gasteiger partial charge is 0.407 e. The second-order valence-corrected chi connectivity index (χ2v) is 35.9. The van der Waals surface area contributed by atoms with E-state index in [2.05, 4.69) is 41.5 Å². The third kappa shape index (κ3) is 26.3. The molecule has 9 aromatic rings. The number of anilines is 3. The number of carbonyl (C=O) groups excluding carboxylic acids is 3. The Kier molecular flexibility index (Phi) is 34.9. The zero-order chi connectivity index (χ0) is 86.2. The minimum atomic E-state index is -3.95. The van der Waals surface area contributed by atoms with Crippen molar-refractivity contribution >= 4 is 121 Å². The first-order valence-corrected chi connectivity index (χ1v) is 41.8. The van der Waals surface area contributed by atoms with Crippen LogP contribution in [0.3, 0.4) is 0 Å². The number of nitrogen functional groups attached to an aromatic ring is 1. The molecule has 3 fully saturated rings. The van der Waals surface area contributed by atoms with Gasteiger partial charge in [-0.15, -0.1) is 0 Å². The highest BCUT2D eigenvalue weighted by Gasteiger charge is 2.37. The maximum Gasteiger partial charge on any atom is 0.407 e. The number of carbonyl (C=O) groups is 3. The van der Waals surface area contributed by atoms with Crippen molar-refractivity contribution in [2.75, 3.05) is 43.3 Å². The van der Waals surface area contributed by atoms with Crippen molar-refractivity contribution in [3.8, 4) is 0 Å². The largest absolute Gasteiger partial charge is 0.444 e. The first-order valence-electron chi connectivity index (χ1n) is 37.1. The Bertz CT molecular complexity index is 5230. The number of fused-ring (bicyclic) bond motifs is 3. The summed E-state index contributed by atoms with van der Waals surface area (Å²) in [5, 5.41) is 45.5. The Morgan fingerprint density at radius 2 is 0.780 bits per heavy atom. The number of aryl methyl sites for hydroxylation is 3. The van der Waals surface area contributed by atoms with Gasteiger partial charge in [0.1, 0.15) is 39.9 Å². The van der Waals surface area contributed by atoms with Crippen molar-refractivity contribution in [1.29, 1.82) is 0 Å². The monoisotopic (exact) mass is 1720 g/mol. The van der Waals surface area contributed by atoms with E-state index in [9.17, 15) is 59.9 Å². The molecule has 3 amide bonds. The Hall–Kier alpha value is -10.3. The number of nitro groups is 2. The molecule has 39 heteroatoms. The predicted molar refractivity (Wildman–Crippen MR) is 453 cm³/mol. The lowest BCUT2D eigenvalue weighted by molar-refractivity contribution is -0.384. The van der Waals surface area contributed by atoms with E-state index in [1.807, 2.05) is 83.1 Å². The van der Waals surface area contributed by atoms with Gasteiger partial charge >= 0.3 is 29.7 Å². The average molecular weight is 1720 g/mol. The number of aliphatic hydroxyl groups is 1. The molecule has 10 N–H and O–H groups in total. The third-order valence-corrected chi connectivity index (χ3v) is 22.8. The number of halogens is 1. The fourth-order valence-corrected chi connectivity index (χ4v) is 15.8. The van der Waals surface area contributed by atoms with Crippen LogP contribution in [0.5, 0.6) is 0 Å². The molecule has 6 heterocycles. The molecule has 648 valence electrons. The number of hydrogen-bond donors (Lipinski definition) is 8. The van der Waals surface area contributed by atoms with E-state index in [0.29, 0.717) is 73.3 Å². The number of rotatable bonds is 21. The lowest BCUT2D eigenvalue weighted by atomic mass is 9.86. The highest BCUT2D eigenvalue weighted by molar-refractivity contribution is 7.90. The molecule has 35 nitrogen and oxygen atoms in total. The summed E-state index contributed by atoms with van der Waals surface area (Å²) in [7, 11) is -10.6. The molecule has 118 heavy (non-hydrogen) atoms. The van der Waals surface area contributed by atoms with Crippen molar-refractivity contribution in [3.63, 3.8) is 0 Å². The van der Waals surface area contributed by atoms with E-state index in [1.54, 1.807) is 75.4 Å². The van der Waals surface area contributed by atoms with Crippen LogP contribution in [0, 0.1) is 41.0 Å². The minimum Gasteiger partial charge on any atom is -0.444 e. The lowest BCUT2D eigenvalue weighted by Gasteiger charge is -2.37. The summed E-state index contributed by atoms with van der Waals surface area (Å²) in [5.41, 5.74) is 14.1. The first-order chi connectivity index (χ1) is 54.3. The van der Waals surface area contributed by atoms with Gasteiger partial charge in [-0.3, -0.25) is 20.2 Å². The molecule has 0 saturated heterocycles. The van der Waals surface area contributed by atoms with Crippen LogP contribution in [0.1, 0.15) is 153 Å². The number of amides is 3. The predicted octanol–water partition coefficient (Wildman–Crippen LogP) is 14.0. The fourth-order valence-electron chi connectivity index (χ4n) is 11.7. The Labute approximate surface area is 694 Å². The number of pyridine rings is 3. The molecular formula is C79H112ClN15O20S3. The van der Waals surface area contributed by atoms with E-state index in [0.717, 1.165) is 57.0 Å². The number of alkyl carbamates (subject to hydrolysis) is 3. The van der Waals surface area contributed by atoms with Gasteiger partial charge in [-0.05, 0) is 197 Å². The second kappa shape index (κ2) is 41.9. The molecule has 0 spiro atoms. The van der Waals surface area contributed by atoms with Gasteiger partial charge < -0.3 is 71.6 Å². The van der Waals surface area contributed by atoms with Crippen LogP contribution in [0.25, 0.3) is 33.1 Å². The number of benzene rings is 3. The second-order valence-electron chi connectivity index (χ2n) is 30.1. The Balaban J connectivity index is 0.000000277. The molecule has 3 aliphatic carbocycles. The quantitative estimate of drug-likeness (QED) is 0.0143. The number of nitrogens with two attached hydrogens (primary N) is 2. The average Bonchev–Trinajstić information content (AvgIpc) is 1.60. The van der Waals surface area contributed by atoms with Gasteiger partial charge in [0.25, 0.3) is 36.5 Å². The van der Waals surface area contributed by atoms with Crippen LogP contribution in [-0.2, 0) is 58.5 Å². The van der Waals surface area contributed by atoms with E-state index >= 15 is 0 Å². The highest BCUT2D eigenvalue weighted by Crippen LogP contribution is 2.39. The van der Waals surface area contributed by atoms with E-state index in [-0.39, 0.29) is 111 Å². The summed E-state index contributed by atoms with van der Waals surface area (Å²) in [6, 6.07) is 24.3. The number of aliphatic hydroxyl groups excluding tert-OH is 1. The van der Waals surface area contributed by atoms with Gasteiger partial charge in [0.2, 0.25) is 0 Å². The van der Waals surface area contributed by atoms with Gasteiger partial charge in [-0.2, -0.15) is 0 Å². The van der Waals surface area contributed by atoms with Crippen LogP contribution in [-0.4, -0.2) is 172 Å². The van der Waals surface area contributed by atoms with Gasteiger partial charge in [0.05, 0.1) is 47.5 Å². The van der Waals surface area contributed by atoms with Crippen molar-refractivity contribution in [3.05, 3.63) is 170 Å². The maximum atomic E-state index is 13.2. The van der Waals surface area contributed by atoms with Crippen LogP contribution < -0.4 is 38.1 Å². The molecule has 12 rings (SSSR count). The molecule has 0 unspecified atom stereocenters. The summed E-state index contributed by atoms with van der Waals surface area (Å²) in [6.07, 6.45) is 10.5. The normalized spacial score (nSPS) is 16.8. The molecule has 0 aliphatic heterocycles. The number of aromatic nitrogens is 6. The van der Waals surface area contributed by atoms with Gasteiger partial charge in [-0.25, -0.2) is 66.5 Å². The molecule has 6 aromatic heterocycles. The fraction of sp³-hybridized carbons (Fsp3) is 0.468. The van der Waals surface area contributed by atoms with Crippen molar-refractivity contribution in [2.24, 2.45) is 5.73 Å². The summed E-state index contributed by atoms with van der Waals surface area (Å²) >= 11 is 5.98. The van der Waals surface area contributed by atoms with Crippen molar-refractivity contribution in [2.45, 2.75) is 231 Å². The van der Waals surface area contributed by atoms with Crippen molar-refractivity contribution < 1.29 is 83.0 Å². The number of nitrogens with one attached hydrogen (secondary N) is 5. The van der Waals surface area contributed by atoms with Crippen LogP contribution in [0.2, 0.25) is 5.02 Å². The SMILES string of the molecule is C.C.CC(C)(C)OC(=O)NC1CC(N)C1.CCOC(OCC)OCC.CO.Cc1ccc(S(=O)(=O)n2ccc3c(Cl)c([N+](=O)[O-])cnc32)cc1.Cc1ccc(S(=O)(=O)n2ccc3c(NC4CC(NC(=O)OC(C)(C)C)C4)c(N)cnc32)cc1.Cc1ccc(S(=O)(=O)n2ccc3c(NC4CC(NC(=O)OC(C)(C)C)C4)c([N+](=O)[O-])cnc32)cc1. The summed E-state index contributed by atoms with van der Waals surface area (Å²) in [6.45, 7) is 29.0. The standard InChI is InChI=1S/C23H27N5O6S.C23H29N5O4S.C14H10ClN3O4S.C9H18N2O2.C7H16O3.CH4O.2CH4/c1-14-5-7-17(8-6-14)35(32,33)27-10-9-18-20(19(28(30)31)13-24-21(18)27)25-15-11-16(12-15)26-22(29)34-23(2,3)4;1-14-5-7-17(8-6-14)33(30,31)28-10-9-18-20(19(24)13-25-21(18)28)26-15-11-16(12-15)27-22(29)32-23(2,3)4;1-9-2-4-10(5-3-9)23(21,22)17-7-6-11-13(15)12(18(19)20)8-16-14(11)17;1-9(2,3)13-8(12)11-7-4-6(10)5-7;1-4-8-7(9-5-2)10-6-3;1-2;;/h5-10,13,15-16H,11-12H2,1-4H3,(H,24,25)(H,26,29);5-10,13,15-16H,11-12,24H2,1-4H3,(H,25,26)(H,27,29);2-8H,1H3;6-7H,4-5,10H2,1-3H3,(H,11,12);7H,4-6H2,1-3H3;2H,1H3;2*1H4. The number of nitrogens with zero attached hydrogens (tertiary/aromatic N) is 8. The molecule has 0 bridgehead atoms. The van der Waals surface area contributed by atoms with Crippen LogP contribution in [0.4, 0.5) is 42.8 Å². The van der Waals surface area contributed by atoms with E-state index < -0.39 is 75.4 Å². The third-order valence-electron chi connectivity index (χ3n) is 17.3. The topological polar surface area (TPSA) is 481 Å². The molecule has 0 radical (unpaired) electrons.